The maximum Gasteiger partial charge on any atom is 0.287 e. The number of nitrogens with one attached hydrogen (secondary N) is 2. The van der Waals surface area contributed by atoms with Gasteiger partial charge >= 0.3 is 0 Å². The average molecular weight is 438 g/mol. The van der Waals surface area contributed by atoms with Gasteiger partial charge in [-0.05, 0) is 18.2 Å². The molecule has 0 spiro atoms. The zero-order valence-electron chi connectivity index (χ0n) is 14.4. The smallest absolute Gasteiger partial charge is 0.287 e. The van der Waals surface area contributed by atoms with Gasteiger partial charge in [0.2, 0.25) is 5.91 Å². The van der Waals surface area contributed by atoms with Gasteiger partial charge < -0.3 is 10.6 Å². The number of anilines is 2. The number of thiophene rings is 1. The normalized spacial score (nSPS) is 10.7. The molecule has 0 atom stereocenters. The Morgan fingerprint density at radius 3 is 2.61 bits per heavy atom. The molecule has 28 heavy (non-hydrogen) atoms. The van der Waals surface area contributed by atoms with E-state index < -0.39 is 10.8 Å². The Kier molecular flexibility index (Phi) is 5.83. The molecule has 2 aromatic carbocycles. The van der Waals surface area contributed by atoms with Crippen molar-refractivity contribution in [1.82, 2.24) is 0 Å². The van der Waals surface area contributed by atoms with E-state index in [9.17, 15) is 19.7 Å². The minimum atomic E-state index is -0.554. The summed E-state index contributed by atoms with van der Waals surface area (Å²) < 4.78 is 0.317. The van der Waals surface area contributed by atoms with E-state index in [2.05, 4.69) is 10.6 Å². The predicted octanol–water partition coefficient (Wildman–Crippen LogP) is 5.72. The molecule has 0 radical (unpaired) electrons. The van der Waals surface area contributed by atoms with E-state index in [4.69, 9.17) is 23.2 Å². The number of carbonyl (C=O) groups is 2. The molecular weight excluding hydrogens is 425 g/mol. The van der Waals surface area contributed by atoms with E-state index in [1.54, 1.807) is 25.1 Å². The van der Waals surface area contributed by atoms with Crippen molar-refractivity contribution in [2.45, 2.75) is 13.3 Å². The molecule has 0 saturated carbocycles. The Balaban J connectivity index is 1.94. The molecular formula is C18H13Cl2N3O4S. The minimum absolute atomic E-state index is 0.120. The number of rotatable bonds is 5. The molecule has 1 heterocycles. The Labute approximate surface area is 173 Å². The molecule has 144 valence electrons. The van der Waals surface area contributed by atoms with Crippen molar-refractivity contribution < 1.29 is 14.5 Å². The summed E-state index contributed by atoms with van der Waals surface area (Å²) in [5, 5.41) is 17.4. The largest absolute Gasteiger partial charge is 0.326 e. The Hall–Kier alpha value is -2.68. The molecule has 3 aromatic rings. The highest BCUT2D eigenvalue weighted by molar-refractivity contribution is 7.22. The van der Waals surface area contributed by atoms with Crippen LogP contribution in [0.3, 0.4) is 0 Å². The number of nitrogens with zero attached hydrogens (tertiary/aromatic N) is 1. The van der Waals surface area contributed by atoms with Gasteiger partial charge in [-0.15, -0.1) is 11.3 Å². The number of hydrogen-bond acceptors (Lipinski definition) is 5. The second-order valence-electron chi connectivity index (χ2n) is 5.71. The first kappa shape index (κ1) is 20.1. The lowest BCUT2D eigenvalue weighted by molar-refractivity contribution is -0.382. The highest BCUT2D eigenvalue weighted by Crippen LogP contribution is 2.40. The molecule has 0 bridgehead atoms. The number of hydrogen-bond donors (Lipinski definition) is 2. The summed E-state index contributed by atoms with van der Waals surface area (Å²) >= 11 is 13.4. The molecule has 0 unspecified atom stereocenters. The van der Waals surface area contributed by atoms with Gasteiger partial charge in [-0.25, -0.2) is 0 Å². The SMILES string of the molecule is CCC(=O)Nc1ccc(Cl)c(NC(=O)c2sc3c([N+](=O)[O-])cccc3c2Cl)c1. The van der Waals surface area contributed by atoms with Crippen molar-refractivity contribution in [3.63, 3.8) is 0 Å². The zero-order valence-corrected chi connectivity index (χ0v) is 16.7. The first-order valence-corrected chi connectivity index (χ1v) is 9.65. The number of nitro groups is 1. The van der Waals surface area contributed by atoms with Crippen LogP contribution in [0.4, 0.5) is 17.1 Å². The fourth-order valence-corrected chi connectivity index (χ4v) is 4.15. The van der Waals surface area contributed by atoms with Gasteiger partial charge in [0.25, 0.3) is 11.6 Å². The third-order valence-corrected chi connectivity index (χ3v) is 5.92. The van der Waals surface area contributed by atoms with Crippen LogP contribution in [-0.2, 0) is 4.79 Å². The topological polar surface area (TPSA) is 101 Å². The maximum absolute atomic E-state index is 12.7. The molecule has 10 heteroatoms. The van der Waals surface area contributed by atoms with E-state index in [0.29, 0.717) is 22.2 Å². The van der Waals surface area contributed by atoms with Gasteiger partial charge in [-0.3, -0.25) is 19.7 Å². The van der Waals surface area contributed by atoms with Gasteiger partial charge in [0.1, 0.15) is 9.58 Å². The molecule has 0 fully saturated rings. The fraction of sp³-hybridized carbons (Fsp3) is 0.111. The number of carbonyl (C=O) groups excluding carboxylic acids is 2. The van der Waals surface area contributed by atoms with Crippen molar-refractivity contribution in [2.24, 2.45) is 0 Å². The van der Waals surface area contributed by atoms with Crippen LogP contribution in [0.5, 0.6) is 0 Å². The summed E-state index contributed by atoms with van der Waals surface area (Å²) in [6, 6.07) is 9.16. The summed E-state index contributed by atoms with van der Waals surface area (Å²) in [5.41, 5.74) is 0.638. The molecule has 2 amide bonds. The van der Waals surface area contributed by atoms with Crippen LogP contribution >= 0.6 is 34.5 Å². The van der Waals surface area contributed by atoms with Crippen LogP contribution in [0.1, 0.15) is 23.0 Å². The van der Waals surface area contributed by atoms with Crippen molar-refractivity contribution in [3.05, 3.63) is 61.4 Å². The van der Waals surface area contributed by atoms with Gasteiger partial charge in [0, 0.05) is 23.6 Å². The first-order chi connectivity index (χ1) is 13.3. The lowest BCUT2D eigenvalue weighted by Crippen LogP contribution is -2.13. The molecule has 1 aromatic heterocycles. The molecule has 3 rings (SSSR count). The quantitative estimate of drug-likeness (QED) is 0.393. The van der Waals surface area contributed by atoms with Gasteiger partial charge in [-0.2, -0.15) is 0 Å². The van der Waals surface area contributed by atoms with Gasteiger partial charge in [-0.1, -0.05) is 42.3 Å². The molecule has 2 N–H and O–H groups in total. The number of amides is 2. The summed E-state index contributed by atoms with van der Waals surface area (Å²) in [6.45, 7) is 1.72. The van der Waals surface area contributed by atoms with Crippen molar-refractivity contribution in [3.8, 4) is 0 Å². The molecule has 0 saturated heterocycles. The lowest BCUT2D eigenvalue weighted by atomic mass is 10.2. The molecule has 0 aliphatic heterocycles. The van der Waals surface area contributed by atoms with E-state index in [1.807, 2.05) is 0 Å². The summed E-state index contributed by atoms with van der Waals surface area (Å²) in [6.07, 6.45) is 0.306. The number of fused-ring (bicyclic) bond motifs is 1. The Morgan fingerprint density at radius 1 is 1.18 bits per heavy atom. The fourth-order valence-electron chi connectivity index (χ4n) is 2.49. The highest BCUT2D eigenvalue weighted by atomic mass is 35.5. The average Bonchev–Trinajstić information content (AvgIpc) is 3.01. The molecule has 0 aliphatic carbocycles. The number of halogens is 2. The minimum Gasteiger partial charge on any atom is -0.326 e. The second kappa shape index (κ2) is 8.14. The van der Waals surface area contributed by atoms with Crippen molar-refractivity contribution >= 4 is 73.5 Å². The van der Waals surface area contributed by atoms with Gasteiger partial charge in [0.15, 0.2) is 0 Å². The molecule has 7 nitrogen and oxygen atoms in total. The van der Waals surface area contributed by atoms with Crippen LogP contribution in [0, 0.1) is 10.1 Å². The number of benzene rings is 2. The second-order valence-corrected chi connectivity index (χ2v) is 7.51. The van der Waals surface area contributed by atoms with Crippen molar-refractivity contribution in [1.29, 1.82) is 0 Å². The lowest BCUT2D eigenvalue weighted by Gasteiger charge is -2.10. The predicted molar refractivity (Wildman–Crippen MR) is 112 cm³/mol. The van der Waals surface area contributed by atoms with E-state index in [0.717, 1.165) is 11.3 Å². The Bertz CT molecular complexity index is 1110. The van der Waals surface area contributed by atoms with Crippen LogP contribution in [0.2, 0.25) is 10.0 Å². The summed E-state index contributed by atoms with van der Waals surface area (Å²) in [4.78, 5) is 35.1. The van der Waals surface area contributed by atoms with Crippen LogP contribution < -0.4 is 10.6 Å². The number of non-ortho nitro benzene ring substituents is 1. The van der Waals surface area contributed by atoms with Crippen LogP contribution in [0.25, 0.3) is 10.1 Å². The van der Waals surface area contributed by atoms with E-state index >= 15 is 0 Å². The third kappa shape index (κ3) is 3.94. The number of nitro benzene ring substituents is 1. The standard InChI is InChI=1S/C18H13Cl2N3O4S/c1-2-14(24)21-9-6-7-11(19)12(8-9)22-18(25)17-15(20)10-4-3-5-13(23(26)27)16(10)28-17/h3-8H,2H2,1H3,(H,21,24)(H,22,25). The maximum atomic E-state index is 12.7. The summed E-state index contributed by atoms with van der Waals surface area (Å²) in [5.74, 6) is -0.735. The van der Waals surface area contributed by atoms with E-state index in [1.165, 1.54) is 18.2 Å². The van der Waals surface area contributed by atoms with Crippen LogP contribution in [-0.4, -0.2) is 16.7 Å². The van der Waals surface area contributed by atoms with E-state index in [-0.39, 0.29) is 32.2 Å². The summed E-state index contributed by atoms with van der Waals surface area (Å²) in [7, 11) is 0. The van der Waals surface area contributed by atoms with Gasteiger partial charge in [0.05, 0.1) is 20.7 Å². The highest BCUT2D eigenvalue weighted by Gasteiger charge is 2.23. The van der Waals surface area contributed by atoms with Crippen molar-refractivity contribution in [2.75, 3.05) is 10.6 Å². The Morgan fingerprint density at radius 2 is 1.93 bits per heavy atom. The molecule has 0 aliphatic rings. The van der Waals surface area contributed by atoms with Crippen LogP contribution in [0.15, 0.2) is 36.4 Å². The first-order valence-electron chi connectivity index (χ1n) is 8.08. The monoisotopic (exact) mass is 437 g/mol. The third-order valence-electron chi connectivity index (χ3n) is 3.86. The zero-order chi connectivity index (χ0) is 20.4.